The maximum atomic E-state index is 12.0. The molecule has 2 atom stereocenters. The molecular weight excluding hydrogens is 256 g/mol. The van der Waals surface area contributed by atoms with E-state index in [2.05, 4.69) is 22.8 Å². The van der Waals surface area contributed by atoms with Crippen molar-refractivity contribution in [1.82, 2.24) is 10.6 Å². The second-order valence-corrected chi connectivity index (χ2v) is 5.41. The Hall–Kier alpha value is -1.59. The molecule has 1 aliphatic carbocycles. The van der Waals surface area contributed by atoms with Crippen LogP contribution in [0.3, 0.4) is 0 Å². The van der Waals surface area contributed by atoms with Gasteiger partial charge < -0.3 is 20.1 Å². The molecule has 1 aromatic rings. The van der Waals surface area contributed by atoms with Gasteiger partial charge in [-0.1, -0.05) is 24.3 Å². The van der Waals surface area contributed by atoms with E-state index in [1.165, 1.54) is 11.1 Å². The fraction of sp³-hybridized carbons (Fsp3) is 0.533. The van der Waals surface area contributed by atoms with Gasteiger partial charge in [-0.2, -0.15) is 0 Å². The molecule has 0 bridgehead atoms. The number of hydrogen-bond acceptors (Lipinski definition) is 3. The Labute approximate surface area is 118 Å². The third kappa shape index (κ3) is 2.78. The Balaban J connectivity index is 1.51. The first-order valence-corrected chi connectivity index (χ1v) is 7.00. The highest BCUT2D eigenvalue weighted by Gasteiger charge is 2.30. The summed E-state index contributed by atoms with van der Waals surface area (Å²) in [5.74, 6) is 0. The number of carbonyl (C=O) groups is 1. The second kappa shape index (κ2) is 5.81. The van der Waals surface area contributed by atoms with E-state index in [0.29, 0.717) is 13.2 Å². The summed E-state index contributed by atoms with van der Waals surface area (Å²) in [7, 11) is 1.64. The molecule has 3 rings (SSSR count). The van der Waals surface area contributed by atoms with E-state index in [9.17, 15) is 4.79 Å². The van der Waals surface area contributed by atoms with Crippen LogP contribution in [0, 0.1) is 0 Å². The van der Waals surface area contributed by atoms with Gasteiger partial charge in [0.2, 0.25) is 0 Å². The van der Waals surface area contributed by atoms with E-state index < -0.39 is 0 Å². The predicted octanol–water partition coefficient (Wildman–Crippen LogP) is 0.867. The van der Waals surface area contributed by atoms with Crippen LogP contribution in [0.4, 0.5) is 4.79 Å². The van der Waals surface area contributed by atoms with Crippen molar-refractivity contribution in [2.75, 3.05) is 20.3 Å². The Morgan fingerprint density at radius 2 is 1.90 bits per heavy atom. The van der Waals surface area contributed by atoms with E-state index in [-0.39, 0.29) is 24.2 Å². The molecule has 1 aliphatic heterocycles. The van der Waals surface area contributed by atoms with Gasteiger partial charge in [-0.15, -0.1) is 0 Å². The molecule has 2 N–H and O–H groups in total. The van der Waals surface area contributed by atoms with Crippen LogP contribution >= 0.6 is 0 Å². The lowest BCUT2D eigenvalue weighted by molar-refractivity contribution is 0.0744. The Kier molecular flexibility index (Phi) is 3.89. The molecule has 20 heavy (non-hydrogen) atoms. The molecule has 0 spiro atoms. The third-order valence-electron chi connectivity index (χ3n) is 4.03. The third-order valence-corrected chi connectivity index (χ3v) is 4.03. The molecule has 2 amide bonds. The first-order chi connectivity index (χ1) is 9.76. The largest absolute Gasteiger partial charge is 0.377 e. The van der Waals surface area contributed by atoms with Gasteiger partial charge in [0, 0.05) is 13.2 Å². The van der Waals surface area contributed by atoms with Crippen LogP contribution < -0.4 is 10.6 Å². The number of carbonyl (C=O) groups excluding carboxylic acids is 1. The minimum atomic E-state index is -0.139. The number of methoxy groups -OCH3 is 1. The summed E-state index contributed by atoms with van der Waals surface area (Å²) in [6, 6.07) is 8.31. The number of rotatable bonds is 3. The summed E-state index contributed by atoms with van der Waals surface area (Å²) in [5.41, 5.74) is 2.66. The molecule has 1 fully saturated rings. The zero-order valence-corrected chi connectivity index (χ0v) is 11.6. The van der Waals surface area contributed by atoms with Gasteiger partial charge in [0.15, 0.2) is 0 Å². The normalized spacial score (nSPS) is 25.4. The second-order valence-electron chi connectivity index (χ2n) is 5.41. The highest BCUT2D eigenvalue weighted by atomic mass is 16.5. The molecule has 108 valence electrons. The first-order valence-electron chi connectivity index (χ1n) is 7.00. The molecule has 1 aromatic carbocycles. The summed E-state index contributed by atoms with van der Waals surface area (Å²) < 4.78 is 10.6. The number of nitrogens with one attached hydrogen (secondary N) is 2. The van der Waals surface area contributed by atoms with Gasteiger partial charge in [0.05, 0.1) is 19.3 Å². The minimum Gasteiger partial charge on any atom is -0.377 e. The van der Waals surface area contributed by atoms with Crippen LogP contribution in [-0.4, -0.2) is 44.5 Å². The van der Waals surface area contributed by atoms with Gasteiger partial charge in [-0.25, -0.2) is 4.79 Å². The van der Waals surface area contributed by atoms with Gasteiger partial charge in [0.1, 0.15) is 6.10 Å². The van der Waals surface area contributed by atoms with Crippen LogP contribution in [0.2, 0.25) is 0 Å². The topological polar surface area (TPSA) is 59.6 Å². The standard InChI is InChI=1S/C15H20N2O3/c1-19-14-9-20-8-13(14)17-15(18)16-12-6-10-4-2-3-5-11(10)7-12/h2-5,12-14H,6-9H2,1H3,(H2,16,17,18)/t13-,14+/m0/s1. The zero-order valence-electron chi connectivity index (χ0n) is 11.6. The fourth-order valence-corrected chi connectivity index (χ4v) is 2.96. The molecule has 0 radical (unpaired) electrons. The smallest absolute Gasteiger partial charge is 0.315 e. The maximum Gasteiger partial charge on any atom is 0.315 e. The Morgan fingerprint density at radius 1 is 1.20 bits per heavy atom. The minimum absolute atomic E-state index is 0.0541. The van der Waals surface area contributed by atoms with Crippen LogP contribution in [0.5, 0.6) is 0 Å². The summed E-state index contributed by atoms with van der Waals surface area (Å²) in [6.07, 6.45) is 1.75. The molecule has 0 saturated carbocycles. The molecule has 2 aliphatic rings. The molecule has 5 nitrogen and oxygen atoms in total. The summed E-state index contributed by atoms with van der Waals surface area (Å²) in [5, 5.41) is 5.97. The van der Waals surface area contributed by atoms with E-state index in [0.717, 1.165) is 12.8 Å². The Bertz CT molecular complexity index is 467. The molecule has 1 saturated heterocycles. The van der Waals surface area contributed by atoms with Gasteiger partial charge in [-0.05, 0) is 24.0 Å². The SMILES string of the molecule is CO[C@@H]1COC[C@@H]1NC(=O)NC1Cc2ccccc2C1. The number of amides is 2. The highest BCUT2D eigenvalue weighted by Crippen LogP contribution is 2.21. The first kappa shape index (κ1) is 13.4. The van der Waals surface area contributed by atoms with E-state index >= 15 is 0 Å². The van der Waals surface area contributed by atoms with Crippen molar-refractivity contribution in [1.29, 1.82) is 0 Å². The maximum absolute atomic E-state index is 12.0. The molecule has 5 heteroatoms. The van der Waals surface area contributed by atoms with Crippen molar-refractivity contribution in [3.63, 3.8) is 0 Å². The van der Waals surface area contributed by atoms with Crippen molar-refractivity contribution >= 4 is 6.03 Å². The summed E-state index contributed by atoms with van der Waals surface area (Å²) in [4.78, 5) is 12.0. The van der Waals surface area contributed by atoms with Gasteiger partial charge in [-0.3, -0.25) is 0 Å². The Morgan fingerprint density at radius 3 is 2.55 bits per heavy atom. The van der Waals surface area contributed by atoms with Gasteiger partial charge >= 0.3 is 6.03 Å². The lowest BCUT2D eigenvalue weighted by Crippen LogP contribution is -2.50. The molecule has 0 aromatic heterocycles. The monoisotopic (exact) mass is 276 g/mol. The lowest BCUT2D eigenvalue weighted by Gasteiger charge is -2.20. The van der Waals surface area contributed by atoms with Crippen molar-refractivity contribution in [2.24, 2.45) is 0 Å². The lowest BCUT2D eigenvalue weighted by atomic mass is 10.1. The van der Waals surface area contributed by atoms with E-state index in [4.69, 9.17) is 9.47 Å². The van der Waals surface area contributed by atoms with Crippen LogP contribution in [0.1, 0.15) is 11.1 Å². The summed E-state index contributed by atoms with van der Waals surface area (Å²) in [6.45, 7) is 1.05. The van der Waals surface area contributed by atoms with Crippen LogP contribution in [-0.2, 0) is 22.3 Å². The molecule has 0 unspecified atom stereocenters. The van der Waals surface area contributed by atoms with E-state index in [1.807, 2.05) is 12.1 Å². The molecular formula is C15H20N2O3. The van der Waals surface area contributed by atoms with Gasteiger partial charge in [0.25, 0.3) is 0 Å². The highest BCUT2D eigenvalue weighted by molar-refractivity contribution is 5.75. The van der Waals surface area contributed by atoms with Crippen molar-refractivity contribution < 1.29 is 14.3 Å². The predicted molar refractivity (Wildman–Crippen MR) is 74.7 cm³/mol. The number of urea groups is 1. The van der Waals surface area contributed by atoms with Crippen LogP contribution in [0.25, 0.3) is 0 Å². The average Bonchev–Trinajstić information content (AvgIpc) is 3.03. The van der Waals surface area contributed by atoms with Crippen LogP contribution in [0.15, 0.2) is 24.3 Å². The van der Waals surface area contributed by atoms with E-state index in [1.54, 1.807) is 7.11 Å². The number of benzene rings is 1. The number of fused-ring (bicyclic) bond motifs is 1. The number of ether oxygens (including phenoxy) is 2. The van der Waals surface area contributed by atoms with Crippen molar-refractivity contribution in [2.45, 2.75) is 31.0 Å². The average molecular weight is 276 g/mol. The number of hydrogen-bond donors (Lipinski definition) is 2. The van der Waals surface area contributed by atoms with Crippen molar-refractivity contribution in [3.8, 4) is 0 Å². The van der Waals surface area contributed by atoms with Crippen molar-refractivity contribution in [3.05, 3.63) is 35.4 Å². The molecule has 1 heterocycles. The quantitative estimate of drug-likeness (QED) is 0.861. The summed E-state index contributed by atoms with van der Waals surface area (Å²) >= 11 is 0. The fourth-order valence-electron chi connectivity index (χ4n) is 2.96. The zero-order chi connectivity index (χ0) is 13.9.